The van der Waals surface area contributed by atoms with Crippen LogP contribution in [0, 0.1) is 12.7 Å². The lowest BCUT2D eigenvalue weighted by Gasteiger charge is -2.06. The molecule has 4 nitrogen and oxygen atoms in total. The summed E-state index contributed by atoms with van der Waals surface area (Å²) in [5.74, 6) is 0.624. The fraction of sp³-hybridized carbons (Fsp3) is 0.125. The van der Waals surface area contributed by atoms with Crippen LogP contribution in [0.3, 0.4) is 0 Å². The summed E-state index contributed by atoms with van der Waals surface area (Å²) in [5.41, 5.74) is 2.46. The van der Waals surface area contributed by atoms with Crippen molar-refractivity contribution >= 4 is 17.3 Å². The van der Waals surface area contributed by atoms with Gasteiger partial charge in [-0.05, 0) is 48.9 Å². The van der Waals surface area contributed by atoms with Crippen LogP contribution in [0.1, 0.15) is 11.5 Å². The molecular formula is C16H13ClFN3O. The lowest BCUT2D eigenvalue weighted by atomic mass is 10.2. The van der Waals surface area contributed by atoms with Gasteiger partial charge in [0.25, 0.3) is 0 Å². The fourth-order valence-electron chi connectivity index (χ4n) is 2.00. The maximum absolute atomic E-state index is 13.2. The highest BCUT2D eigenvalue weighted by molar-refractivity contribution is 6.30. The zero-order valence-corrected chi connectivity index (χ0v) is 12.6. The number of nitrogens with zero attached hydrogens (tertiary/aromatic N) is 2. The average Bonchev–Trinajstić information content (AvgIpc) is 2.98. The van der Waals surface area contributed by atoms with Crippen LogP contribution in [-0.4, -0.2) is 10.1 Å². The van der Waals surface area contributed by atoms with Gasteiger partial charge in [0.2, 0.25) is 11.7 Å². The van der Waals surface area contributed by atoms with E-state index in [1.807, 2.05) is 19.1 Å². The minimum absolute atomic E-state index is 0.291. The second kappa shape index (κ2) is 6.15. The van der Waals surface area contributed by atoms with E-state index in [-0.39, 0.29) is 5.82 Å². The maximum atomic E-state index is 13.2. The summed E-state index contributed by atoms with van der Waals surface area (Å²) in [6.07, 6.45) is 0. The third kappa shape index (κ3) is 3.26. The van der Waals surface area contributed by atoms with E-state index in [9.17, 15) is 4.39 Å². The molecule has 6 heteroatoms. The Morgan fingerprint density at radius 2 is 1.95 bits per heavy atom. The molecule has 0 unspecified atom stereocenters. The van der Waals surface area contributed by atoms with Gasteiger partial charge in [-0.3, -0.25) is 0 Å². The highest BCUT2D eigenvalue weighted by Gasteiger charge is 2.09. The predicted octanol–water partition coefficient (Wildman–Crippen LogP) is 4.45. The summed E-state index contributed by atoms with van der Waals surface area (Å²) in [6.45, 7) is 2.22. The number of benzene rings is 2. The Balaban J connectivity index is 1.72. The van der Waals surface area contributed by atoms with Gasteiger partial charge in [-0.2, -0.15) is 4.98 Å². The Bertz CT molecular complexity index is 786. The van der Waals surface area contributed by atoms with E-state index in [1.165, 1.54) is 12.1 Å². The van der Waals surface area contributed by atoms with Crippen LogP contribution in [0.4, 0.5) is 10.1 Å². The average molecular weight is 318 g/mol. The van der Waals surface area contributed by atoms with Gasteiger partial charge < -0.3 is 9.84 Å². The molecule has 22 heavy (non-hydrogen) atoms. The molecule has 2 aromatic carbocycles. The first-order valence-corrected chi connectivity index (χ1v) is 7.08. The number of rotatable bonds is 4. The molecule has 3 aromatic rings. The number of hydrogen-bond acceptors (Lipinski definition) is 4. The molecule has 1 aromatic heterocycles. The number of nitrogens with one attached hydrogen (secondary N) is 1. The van der Waals surface area contributed by atoms with Crippen molar-refractivity contribution in [2.75, 3.05) is 5.32 Å². The number of anilines is 1. The Morgan fingerprint density at radius 1 is 1.18 bits per heavy atom. The van der Waals surface area contributed by atoms with Gasteiger partial charge >= 0.3 is 0 Å². The van der Waals surface area contributed by atoms with Crippen molar-refractivity contribution in [3.05, 3.63) is 64.8 Å². The quantitative estimate of drug-likeness (QED) is 0.772. The molecule has 0 atom stereocenters. The summed E-state index contributed by atoms with van der Waals surface area (Å²) in [6, 6.07) is 11.7. The van der Waals surface area contributed by atoms with E-state index >= 15 is 0 Å². The molecule has 1 N–H and O–H groups in total. The molecule has 0 aliphatic carbocycles. The third-order valence-corrected chi connectivity index (χ3v) is 3.45. The molecule has 0 saturated carbocycles. The first kappa shape index (κ1) is 14.5. The van der Waals surface area contributed by atoms with E-state index in [1.54, 1.807) is 18.2 Å². The van der Waals surface area contributed by atoms with Crippen molar-refractivity contribution in [1.82, 2.24) is 10.1 Å². The smallest absolute Gasteiger partial charge is 0.246 e. The summed E-state index contributed by atoms with van der Waals surface area (Å²) in [5, 5.41) is 7.66. The van der Waals surface area contributed by atoms with E-state index < -0.39 is 0 Å². The Morgan fingerprint density at radius 3 is 2.73 bits per heavy atom. The molecular weight excluding hydrogens is 305 g/mol. The lowest BCUT2D eigenvalue weighted by Crippen LogP contribution is -2.01. The van der Waals surface area contributed by atoms with Crippen molar-refractivity contribution < 1.29 is 8.91 Å². The Kier molecular flexibility index (Phi) is 4.06. The second-order valence-corrected chi connectivity index (χ2v) is 5.27. The van der Waals surface area contributed by atoms with Gasteiger partial charge in [-0.15, -0.1) is 0 Å². The van der Waals surface area contributed by atoms with Gasteiger partial charge in [0.15, 0.2) is 0 Å². The van der Waals surface area contributed by atoms with Gasteiger partial charge in [-0.1, -0.05) is 22.8 Å². The van der Waals surface area contributed by atoms with Crippen molar-refractivity contribution in [1.29, 1.82) is 0 Å². The number of aryl methyl sites for hydroxylation is 1. The number of halogens is 2. The van der Waals surface area contributed by atoms with Crippen LogP contribution in [0.15, 0.2) is 47.0 Å². The van der Waals surface area contributed by atoms with E-state index in [2.05, 4.69) is 15.5 Å². The number of aromatic nitrogens is 2. The molecule has 0 aliphatic heterocycles. The van der Waals surface area contributed by atoms with Gasteiger partial charge in [0.05, 0.1) is 6.54 Å². The summed E-state index contributed by atoms with van der Waals surface area (Å²) < 4.78 is 18.4. The fourth-order valence-corrected chi connectivity index (χ4v) is 2.12. The van der Waals surface area contributed by atoms with Crippen molar-refractivity contribution in [2.45, 2.75) is 13.5 Å². The Hall–Kier alpha value is -2.40. The highest BCUT2D eigenvalue weighted by atomic mass is 35.5. The second-order valence-electron chi connectivity index (χ2n) is 4.83. The lowest BCUT2D eigenvalue weighted by molar-refractivity contribution is 0.384. The molecule has 112 valence electrons. The molecule has 0 radical (unpaired) electrons. The zero-order chi connectivity index (χ0) is 15.5. The minimum Gasteiger partial charge on any atom is -0.376 e. The monoisotopic (exact) mass is 317 g/mol. The van der Waals surface area contributed by atoms with Crippen LogP contribution in [0.5, 0.6) is 0 Å². The molecule has 0 fully saturated rings. The normalized spacial score (nSPS) is 10.7. The molecule has 0 saturated heterocycles. The van der Waals surface area contributed by atoms with Crippen LogP contribution in [0.2, 0.25) is 5.02 Å². The maximum Gasteiger partial charge on any atom is 0.246 e. The zero-order valence-electron chi connectivity index (χ0n) is 11.8. The van der Waals surface area contributed by atoms with Gasteiger partial charge in [-0.25, -0.2) is 4.39 Å². The molecule has 0 aliphatic rings. The molecule has 0 spiro atoms. The predicted molar refractivity (Wildman–Crippen MR) is 83.2 cm³/mol. The van der Waals surface area contributed by atoms with Gasteiger partial charge in [0, 0.05) is 16.3 Å². The number of hydrogen-bond donors (Lipinski definition) is 1. The third-order valence-electron chi connectivity index (χ3n) is 3.20. The standard InChI is InChI=1S/C16H13ClFN3O/c1-10-2-7-13(18)8-14(10)19-9-15-20-16(21-22-15)11-3-5-12(17)6-4-11/h2-8,19H,9H2,1H3. The molecule has 0 bridgehead atoms. The van der Waals surface area contributed by atoms with Crippen molar-refractivity contribution in [3.8, 4) is 11.4 Å². The topological polar surface area (TPSA) is 51.0 Å². The van der Waals surface area contributed by atoms with Gasteiger partial charge in [0.1, 0.15) is 5.82 Å². The first-order chi connectivity index (χ1) is 10.6. The minimum atomic E-state index is -0.291. The highest BCUT2D eigenvalue weighted by Crippen LogP contribution is 2.20. The van der Waals surface area contributed by atoms with Crippen LogP contribution < -0.4 is 5.32 Å². The van der Waals surface area contributed by atoms with E-state index in [0.717, 1.165) is 11.1 Å². The SMILES string of the molecule is Cc1ccc(F)cc1NCc1nc(-c2ccc(Cl)cc2)no1. The summed E-state index contributed by atoms with van der Waals surface area (Å²) >= 11 is 5.84. The summed E-state index contributed by atoms with van der Waals surface area (Å²) in [4.78, 5) is 4.30. The van der Waals surface area contributed by atoms with E-state index in [4.69, 9.17) is 16.1 Å². The molecule has 3 rings (SSSR count). The van der Waals surface area contributed by atoms with Crippen LogP contribution in [-0.2, 0) is 6.54 Å². The van der Waals surface area contributed by atoms with Crippen molar-refractivity contribution in [2.24, 2.45) is 0 Å². The van der Waals surface area contributed by atoms with E-state index in [0.29, 0.717) is 29.0 Å². The first-order valence-electron chi connectivity index (χ1n) is 6.70. The molecule has 1 heterocycles. The summed E-state index contributed by atoms with van der Waals surface area (Å²) in [7, 11) is 0. The van der Waals surface area contributed by atoms with Crippen LogP contribution >= 0.6 is 11.6 Å². The molecule has 0 amide bonds. The largest absolute Gasteiger partial charge is 0.376 e. The van der Waals surface area contributed by atoms with Crippen LogP contribution in [0.25, 0.3) is 11.4 Å². The van der Waals surface area contributed by atoms with Crippen molar-refractivity contribution in [3.63, 3.8) is 0 Å². The Labute approximate surface area is 131 Å².